The number of hydrogen-bond donors (Lipinski definition) is 2. The molecule has 0 spiro atoms. The molecule has 0 atom stereocenters. The molecule has 31 heavy (non-hydrogen) atoms. The number of hydrogen-bond acceptors (Lipinski definition) is 4. The number of benzene rings is 2. The lowest BCUT2D eigenvalue weighted by Gasteiger charge is -2.31. The summed E-state index contributed by atoms with van der Waals surface area (Å²) in [6, 6.07) is 13.8. The third-order valence-electron chi connectivity index (χ3n) is 6.17. The van der Waals surface area contributed by atoms with Crippen molar-refractivity contribution in [1.29, 1.82) is 0 Å². The van der Waals surface area contributed by atoms with E-state index in [0.29, 0.717) is 13.1 Å². The van der Waals surface area contributed by atoms with Crippen molar-refractivity contribution in [1.82, 2.24) is 14.0 Å². The van der Waals surface area contributed by atoms with Gasteiger partial charge in [0.1, 0.15) is 0 Å². The predicted molar refractivity (Wildman–Crippen MR) is 119 cm³/mol. The zero-order chi connectivity index (χ0) is 21.6. The molecule has 2 aromatic carbocycles. The van der Waals surface area contributed by atoms with Crippen LogP contribution in [0, 0.1) is 0 Å². The molecular formula is C22H25N3O4S2. The Kier molecular flexibility index (Phi) is 5.16. The zero-order valence-electron chi connectivity index (χ0n) is 17.0. The Hall–Kier alpha value is -2.20. The number of aromatic nitrogens is 1. The lowest BCUT2D eigenvalue weighted by molar-refractivity contribution is 0.320. The number of aromatic amines is 1. The average Bonchev–Trinajstić information content (AvgIpc) is 3.47. The second-order valence-electron chi connectivity index (χ2n) is 8.34. The van der Waals surface area contributed by atoms with Crippen molar-refractivity contribution >= 4 is 30.9 Å². The van der Waals surface area contributed by atoms with Crippen LogP contribution in [-0.2, 0) is 20.0 Å². The minimum Gasteiger partial charge on any atom is -0.361 e. The van der Waals surface area contributed by atoms with Gasteiger partial charge in [-0.25, -0.2) is 21.6 Å². The zero-order valence-corrected chi connectivity index (χ0v) is 18.6. The summed E-state index contributed by atoms with van der Waals surface area (Å²) in [4.78, 5) is 3.32. The summed E-state index contributed by atoms with van der Waals surface area (Å²) in [7, 11) is -7.47. The maximum absolute atomic E-state index is 13.2. The van der Waals surface area contributed by atoms with Gasteiger partial charge in [0.15, 0.2) is 0 Å². The molecule has 9 heteroatoms. The molecule has 1 aromatic heterocycles. The minimum absolute atomic E-state index is 0.00541. The normalized spacial score (nSPS) is 19.1. The van der Waals surface area contributed by atoms with Gasteiger partial charge in [0.05, 0.1) is 9.79 Å². The highest BCUT2D eigenvalue weighted by Crippen LogP contribution is 2.35. The van der Waals surface area contributed by atoms with E-state index in [-0.39, 0.29) is 21.8 Å². The summed E-state index contributed by atoms with van der Waals surface area (Å²) in [5, 5.41) is 1.19. The standard InChI is InChI=1S/C22H25N3O4S2/c26-30(27,24-17-8-9-17)18-4-3-5-19(14-18)31(28,29)25-12-10-16(11-13-25)21-15-23-22-7-2-1-6-20(21)22/h1-7,14-17,23-24H,8-13H2. The summed E-state index contributed by atoms with van der Waals surface area (Å²) in [5.74, 6) is 0.289. The van der Waals surface area contributed by atoms with Crippen LogP contribution in [0.25, 0.3) is 10.9 Å². The molecule has 2 heterocycles. The van der Waals surface area contributed by atoms with E-state index < -0.39 is 20.0 Å². The highest BCUT2D eigenvalue weighted by molar-refractivity contribution is 7.90. The Bertz CT molecular complexity index is 1320. The fraction of sp³-hybridized carbons (Fsp3) is 0.364. The van der Waals surface area contributed by atoms with Gasteiger partial charge in [0.2, 0.25) is 20.0 Å². The van der Waals surface area contributed by atoms with Crippen LogP contribution in [0.4, 0.5) is 0 Å². The van der Waals surface area contributed by atoms with Crippen LogP contribution >= 0.6 is 0 Å². The topological polar surface area (TPSA) is 99.3 Å². The van der Waals surface area contributed by atoms with Crippen LogP contribution in [0.2, 0.25) is 0 Å². The van der Waals surface area contributed by atoms with E-state index >= 15 is 0 Å². The number of sulfonamides is 2. The van der Waals surface area contributed by atoms with Gasteiger partial charge in [-0.3, -0.25) is 0 Å². The molecule has 0 unspecified atom stereocenters. The average molecular weight is 460 g/mol. The van der Waals surface area contributed by atoms with Crippen LogP contribution in [0.15, 0.2) is 64.5 Å². The second kappa shape index (κ2) is 7.74. The molecule has 1 aliphatic carbocycles. The summed E-state index contributed by atoms with van der Waals surface area (Å²) < 4.78 is 55.5. The van der Waals surface area contributed by atoms with Crippen molar-refractivity contribution in [3.63, 3.8) is 0 Å². The molecule has 0 bridgehead atoms. The van der Waals surface area contributed by atoms with Crippen LogP contribution in [0.5, 0.6) is 0 Å². The number of H-pyrrole nitrogens is 1. The fourth-order valence-electron chi connectivity index (χ4n) is 4.28. The molecule has 2 aliphatic rings. The van der Waals surface area contributed by atoms with E-state index in [1.807, 2.05) is 24.4 Å². The maximum Gasteiger partial charge on any atom is 0.243 e. The quantitative estimate of drug-likeness (QED) is 0.591. The van der Waals surface area contributed by atoms with E-state index in [2.05, 4.69) is 15.8 Å². The van der Waals surface area contributed by atoms with E-state index in [1.165, 1.54) is 39.5 Å². The van der Waals surface area contributed by atoms with Gasteiger partial charge in [-0.2, -0.15) is 4.31 Å². The smallest absolute Gasteiger partial charge is 0.243 e. The first kappa shape index (κ1) is 20.7. The Labute approximate surface area is 182 Å². The van der Waals surface area contributed by atoms with Crippen molar-refractivity contribution in [3.05, 3.63) is 60.3 Å². The molecule has 164 valence electrons. The van der Waals surface area contributed by atoms with E-state index in [9.17, 15) is 16.8 Å². The Balaban J connectivity index is 1.33. The van der Waals surface area contributed by atoms with Crippen LogP contribution < -0.4 is 4.72 Å². The lowest BCUT2D eigenvalue weighted by Crippen LogP contribution is -2.38. The first-order chi connectivity index (χ1) is 14.8. The lowest BCUT2D eigenvalue weighted by atomic mass is 9.90. The Morgan fingerprint density at radius 2 is 1.58 bits per heavy atom. The Morgan fingerprint density at radius 1 is 0.871 bits per heavy atom. The first-order valence-electron chi connectivity index (χ1n) is 10.5. The third kappa shape index (κ3) is 4.03. The summed E-state index contributed by atoms with van der Waals surface area (Å²) in [5.41, 5.74) is 2.32. The fourth-order valence-corrected chi connectivity index (χ4v) is 7.22. The van der Waals surface area contributed by atoms with Gasteiger partial charge in [-0.05, 0) is 61.4 Å². The SMILES string of the molecule is O=S(=O)(NC1CC1)c1cccc(S(=O)(=O)N2CCC(c3c[nH]c4ccccc34)CC2)c1. The van der Waals surface area contributed by atoms with Crippen LogP contribution in [-0.4, -0.2) is 45.3 Å². The molecule has 3 aromatic rings. The number of rotatable bonds is 6. The summed E-state index contributed by atoms with van der Waals surface area (Å²) >= 11 is 0. The van der Waals surface area contributed by atoms with Gasteiger partial charge in [-0.1, -0.05) is 24.3 Å². The molecule has 2 N–H and O–H groups in total. The van der Waals surface area contributed by atoms with Gasteiger partial charge in [0.25, 0.3) is 0 Å². The van der Waals surface area contributed by atoms with Crippen molar-refractivity contribution in [3.8, 4) is 0 Å². The molecule has 1 saturated heterocycles. The van der Waals surface area contributed by atoms with E-state index in [1.54, 1.807) is 0 Å². The highest BCUT2D eigenvalue weighted by atomic mass is 32.2. The number of piperidine rings is 1. The number of nitrogens with one attached hydrogen (secondary N) is 2. The largest absolute Gasteiger partial charge is 0.361 e. The summed E-state index contributed by atoms with van der Waals surface area (Å²) in [6.45, 7) is 0.813. The van der Waals surface area contributed by atoms with Gasteiger partial charge in [0, 0.05) is 36.2 Å². The molecule has 5 rings (SSSR count). The van der Waals surface area contributed by atoms with Crippen molar-refractivity contribution in [2.45, 2.75) is 47.4 Å². The highest BCUT2D eigenvalue weighted by Gasteiger charge is 2.32. The Morgan fingerprint density at radius 3 is 2.32 bits per heavy atom. The maximum atomic E-state index is 13.2. The number of para-hydroxylation sites is 1. The van der Waals surface area contributed by atoms with Crippen LogP contribution in [0.3, 0.4) is 0 Å². The molecule has 0 amide bonds. The second-order valence-corrected chi connectivity index (χ2v) is 12.0. The predicted octanol–water partition coefficient (Wildman–Crippen LogP) is 3.18. The van der Waals surface area contributed by atoms with Crippen LogP contribution in [0.1, 0.15) is 37.2 Å². The first-order valence-corrected chi connectivity index (χ1v) is 13.5. The van der Waals surface area contributed by atoms with E-state index in [0.717, 1.165) is 31.2 Å². The molecule has 2 fully saturated rings. The summed E-state index contributed by atoms with van der Waals surface area (Å²) in [6.07, 6.45) is 5.12. The van der Waals surface area contributed by atoms with Gasteiger partial charge < -0.3 is 4.98 Å². The van der Waals surface area contributed by atoms with Crippen molar-refractivity contribution in [2.24, 2.45) is 0 Å². The number of fused-ring (bicyclic) bond motifs is 1. The molecule has 1 saturated carbocycles. The third-order valence-corrected chi connectivity index (χ3v) is 9.58. The van der Waals surface area contributed by atoms with Crippen molar-refractivity contribution < 1.29 is 16.8 Å². The van der Waals surface area contributed by atoms with Gasteiger partial charge >= 0.3 is 0 Å². The molecular weight excluding hydrogens is 434 g/mol. The molecule has 1 aliphatic heterocycles. The molecule has 0 radical (unpaired) electrons. The van der Waals surface area contributed by atoms with Gasteiger partial charge in [-0.15, -0.1) is 0 Å². The number of nitrogens with zero attached hydrogens (tertiary/aromatic N) is 1. The molecule has 7 nitrogen and oxygen atoms in total. The van der Waals surface area contributed by atoms with E-state index in [4.69, 9.17) is 0 Å². The van der Waals surface area contributed by atoms with Crippen molar-refractivity contribution in [2.75, 3.05) is 13.1 Å². The monoisotopic (exact) mass is 459 g/mol. The minimum atomic E-state index is -3.76.